The number of aryl methyl sites for hydroxylation is 1. The van der Waals surface area contributed by atoms with E-state index >= 15 is 0 Å². The summed E-state index contributed by atoms with van der Waals surface area (Å²) in [5.74, 6) is 2.51. The average Bonchev–Trinajstić information content (AvgIpc) is 2.42. The van der Waals surface area contributed by atoms with E-state index in [0.717, 1.165) is 36.7 Å². The number of hydrogen-bond donors (Lipinski definition) is 0. The van der Waals surface area contributed by atoms with Gasteiger partial charge in [-0.15, -0.1) is 0 Å². The van der Waals surface area contributed by atoms with Gasteiger partial charge in [-0.2, -0.15) is 0 Å². The molecule has 0 spiro atoms. The van der Waals surface area contributed by atoms with Gasteiger partial charge < -0.3 is 9.47 Å². The molecule has 2 heteroatoms. The summed E-state index contributed by atoms with van der Waals surface area (Å²) in [6, 6.07) is 15.8. The number of hydrogen-bond acceptors (Lipinski definition) is 2. The van der Waals surface area contributed by atoms with Gasteiger partial charge in [0.2, 0.25) is 0 Å². The van der Waals surface area contributed by atoms with Gasteiger partial charge >= 0.3 is 0 Å². The van der Waals surface area contributed by atoms with Crippen molar-refractivity contribution in [2.75, 3.05) is 6.61 Å². The van der Waals surface area contributed by atoms with Crippen LogP contribution in [0.15, 0.2) is 48.5 Å². The van der Waals surface area contributed by atoms with Crippen molar-refractivity contribution in [3.05, 3.63) is 54.1 Å². The first-order valence-corrected chi connectivity index (χ1v) is 6.75. The van der Waals surface area contributed by atoms with Crippen molar-refractivity contribution in [2.45, 2.75) is 26.7 Å². The standard InChI is InChI=1S/C17H20O2/c1-3-4-12-18-16-6-5-7-17(13-16)19-15-10-8-14(2)9-11-15/h5-11,13H,3-4,12H2,1-2H3. The van der Waals surface area contributed by atoms with Gasteiger partial charge in [0.1, 0.15) is 17.2 Å². The molecule has 0 radical (unpaired) electrons. The Balaban J connectivity index is 2.00. The van der Waals surface area contributed by atoms with E-state index in [9.17, 15) is 0 Å². The van der Waals surface area contributed by atoms with Gasteiger partial charge in [0.15, 0.2) is 0 Å². The molecule has 19 heavy (non-hydrogen) atoms. The van der Waals surface area contributed by atoms with E-state index in [0.29, 0.717) is 0 Å². The minimum atomic E-state index is 0.754. The zero-order valence-corrected chi connectivity index (χ0v) is 11.6. The third kappa shape index (κ3) is 4.32. The highest BCUT2D eigenvalue weighted by Crippen LogP contribution is 2.25. The second-order valence-corrected chi connectivity index (χ2v) is 4.59. The van der Waals surface area contributed by atoms with Crippen LogP contribution in [-0.4, -0.2) is 6.61 Å². The second kappa shape index (κ2) is 6.83. The van der Waals surface area contributed by atoms with Crippen LogP contribution >= 0.6 is 0 Å². The maximum Gasteiger partial charge on any atom is 0.131 e. The molecule has 0 aliphatic rings. The molecule has 0 saturated heterocycles. The molecule has 0 bridgehead atoms. The van der Waals surface area contributed by atoms with Gasteiger partial charge in [0.25, 0.3) is 0 Å². The van der Waals surface area contributed by atoms with Crippen molar-refractivity contribution in [3.63, 3.8) is 0 Å². The topological polar surface area (TPSA) is 18.5 Å². The molecule has 0 aliphatic heterocycles. The number of rotatable bonds is 6. The van der Waals surface area contributed by atoms with Crippen LogP contribution in [0.25, 0.3) is 0 Å². The summed E-state index contributed by atoms with van der Waals surface area (Å²) in [6.45, 7) is 4.97. The highest BCUT2D eigenvalue weighted by Gasteiger charge is 2.00. The molecule has 2 aromatic rings. The molecule has 0 aromatic heterocycles. The Labute approximate surface area is 115 Å². The molecule has 0 aliphatic carbocycles. The second-order valence-electron chi connectivity index (χ2n) is 4.59. The first kappa shape index (κ1) is 13.5. The molecule has 2 rings (SSSR count). The SMILES string of the molecule is CCCCOc1cccc(Oc2ccc(C)cc2)c1. The number of unbranched alkanes of at least 4 members (excludes halogenated alkanes) is 1. The largest absolute Gasteiger partial charge is 0.493 e. The number of benzene rings is 2. The molecule has 0 atom stereocenters. The fourth-order valence-electron chi connectivity index (χ4n) is 1.70. The lowest BCUT2D eigenvalue weighted by Crippen LogP contribution is -1.96. The smallest absolute Gasteiger partial charge is 0.131 e. The third-order valence-electron chi connectivity index (χ3n) is 2.83. The summed E-state index contributed by atoms with van der Waals surface area (Å²) < 4.78 is 11.5. The average molecular weight is 256 g/mol. The molecule has 0 amide bonds. The molecular weight excluding hydrogens is 236 g/mol. The van der Waals surface area contributed by atoms with Gasteiger partial charge in [0, 0.05) is 6.07 Å². The van der Waals surface area contributed by atoms with E-state index in [1.165, 1.54) is 5.56 Å². The van der Waals surface area contributed by atoms with E-state index in [-0.39, 0.29) is 0 Å². The van der Waals surface area contributed by atoms with Gasteiger partial charge in [-0.3, -0.25) is 0 Å². The van der Waals surface area contributed by atoms with Crippen molar-refractivity contribution in [1.82, 2.24) is 0 Å². The van der Waals surface area contributed by atoms with Crippen LogP contribution in [0.5, 0.6) is 17.2 Å². The molecule has 0 saturated carbocycles. The Morgan fingerprint density at radius 2 is 1.63 bits per heavy atom. The van der Waals surface area contributed by atoms with Gasteiger partial charge in [0.05, 0.1) is 6.61 Å². The van der Waals surface area contributed by atoms with E-state index in [1.807, 2.05) is 48.5 Å². The minimum Gasteiger partial charge on any atom is -0.493 e. The summed E-state index contributed by atoms with van der Waals surface area (Å²) in [6.07, 6.45) is 2.21. The maximum absolute atomic E-state index is 5.80. The van der Waals surface area contributed by atoms with E-state index in [4.69, 9.17) is 9.47 Å². The Kier molecular flexibility index (Phi) is 4.85. The van der Waals surface area contributed by atoms with Crippen molar-refractivity contribution in [3.8, 4) is 17.2 Å². The van der Waals surface area contributed by atoms with E-state index < -0.39 is 0 Å². The lowest BCUT2D eigenvalue weighted by molar-refractivity contribution is 0.308. The molecule has 0 N–H and O–H groups in total. The fourth-order valence-corrected chi connectivity index (χ4v) is 1.70. The van der Waals surface area contributed by atoms with Crippen LogP contribution in [0.3, 0.4) is 0 Å². The predicted octanol–water partition coefficient (Wildman–Crippen LogP) is 4.97. The lowest BCUT2D eigenvalue weighted by Gasteiger charge is -2.09. The summed E-state index contributed by atoms with van der Waals surface area (Å²) >= 11 is 0. The molecule has 2 aromatic carbocycles. The zero-order valence-electron chi connectivity index (χ0n) is 11.6. The van der Waals surface area contributed by atoms with Gasteiger partial charge in [-0.25, -0.2) is 0 Å². The molecule has 0 unspecified atom stereocenters. The van der Waals surface area contributed by atoms with Crippen molar-refractivity contribution in [1.29, 1.82) is 0 Å². The van der Waals surface area contributed by atoms with Gasteiger partial charge in [-0.05, 0) is 37.6 Å². The third-order valence-corrected chi connectivity index (χ3v) is 2.83. The maximum atomic E-state index is 5.80. The van der Waals surface area contributed by atoms with Crippen LogP contribution in [0, 0.1) is 6.92 Å². The highest BCUT2D eigenvalue weighted by molar-refractivity contribution is 5.37. The first-order valence-electron chi connectivity index (χ1n) is 6.75. The predicted molar refractivity (Wildman–Crippen MR) is 78.1 cm³/mol. The summed E-state index contributed by atoms with van der Waals surface area (Å²) in [4.78, 5) is 0. The summed E-state index contributed by atoms with van der Waals surface area (Å²) in [7, 11) is 0. The minimum absolute atomic E-state index is 0.754. The molecule has 0 fully saturated rings. The Morgan fingerprint density at radius 3 is 2.37 bits per heavy atom. The van der Waals surface area contributed by atoms with Crippen molar-refractivity contribution in [2.24, 2.45) is 0 Å². The molecule has 0 heterocycles. The zero-order chi connectivity index (χ0) is 13.5. The number of ether oxygens (including phenoxy) is 2. The first-order chi connectivity index (χ1) is 9.28. The lowest BCUT2D eigenvalue weighted by atomic mass is 10.2. The summed E-state index contributed by atoms with van der Waals surface area (Å²) in [5.41, 5.74) is 1.23. The quantitative estimate of drug-likeness (QED) is 0.680. The molecule has 2 nitrogen and oxygen atoms in total. The van der Waals surface area contributed by atoms with E-state index in [2.05, 4.69) is 13.8 Å². The fraction of sp³-hybridized carbons (Fsp3) is 0.294. The van der Waals surface area contributed by atoms with Crippen LogP contribution in [0.2, 0.25) is 0 Å². The van der Waals surface area contributed by atoms with E-state index in [1.54, 1.807) is 0 Å². The van der Waals surface area contributed by atoms with Crippen LogP contribution < -0.4 is 9.47 Å². The van der Waals surface area contributed by atoms with Crippen molar-refractivity contribution < 1.29 is 9.47 Å². The molecular formula is C17H20O2. The van der Waals surface area contributed by atoms with Crippen LogP contribution in [0.4, 0.5) is 0 Å². The Morgan fingerprint density at radius 1 is 0.895 bits per heavy atom. The summed E-state index contributed by atoms with van der Waals surface area (Å²) in [5, 5.41) is 0. The van der Waals surface area contributed by atoms with Crippen LogP contribution in [0.1, 0.15) is 25.3 Å². The Hall–Kier alpha value is -1.96. The molecule has 100 valence electrons. The monoisotopic (exact) mass is 256 g/mol. The normalized spacial score (nSPS) is 10.2. The van der Waals surface area contributed by atoms with Crippen LogP contribution in [-0.2, 0) is 0 Å². The Bertz CT molecular complexity index is 503. The highest BCUT2D eigenvalue weighted by atomic mass is 16.5. The van der Waals surface area contributed by atoms with Gasteiger partial charge in [-0.1, -0.05) is 37.1 Å². The van der Waals surface area contributed by atoms with Crippen molar-refractivity contribution >= 4 is 0 Å².